The van der Waals surface area contributed by atoms with E-state index in [1.165, 1.54) is 0 Å². The fourth-order valence-electron chi connectivity index (χ4n) is 3.42. The fourth-order valence-corrected chi connectivity index (χ4v) is 3.42. The van der Waals surface area contributed by atoms with E-state index >= 15 is 0 Å². The van der Waals surface area contributed by atoms with Gasteiger partial charge >= 0.3 is 6.09 Å². The monoisotopic (exact) mass is 441 g/mol. The van der Waals surface area contributed by atoms with Gasteiger partial charge in [-0.25, -0.2) is 4.79 Å². The summed E-state index contributed by atoms with van der Waals surface area (Å²) < 4.78 is 10.6. The maximum atomic E-state index is 12.9. The lowest BCUT2D eigenvalue weighted by Crippen LogP contribution is -2.38. The van der Waals surface area contributed by atoms with Crippen molar-refractivity contribution in [1.29, 1.82) is 0 Å². The van der Waals surface area contributed by atoms with Gasteiger partial charge in [-0.3, -0.25) is 15.0 Å². The van der Waals surface area contributed by atoms with Crippen molar-refractivity contribution in [3.63, 3.8) is 0 Å². The van der Waals surface area contributed by atoms with E-state index in [0.717, 1.165) is 24.4 Å². The van der Waals surface area contributed by atoms with Crippen molar-refractivity contribution in [1.82, 2.24) is 10.2 Å². The normalized spacial score (nSPS) is 12.2. The summed E-state index contributed by atoms with van der Waals surface area (Å²) in [6.07, 6.45) is -0.560. The quantitative estimate of drug-likeness (QED) is 0.581. The van der Waals surface area contributed by atoms with Gasteiger partial charge in [-0.2, -0.15) is 0 Å². The zero-order valence-electron chi connectivity index (χ0n) is 19.9. The maximum Gasteiger partial charge on any atom is 0.412 e. The Labute approximate surface area is 191 Å². The first-order valence-corrected chi connectivity index (χ1v) is 10.9. The van der Waals surface area contributed by atoms with Crippen LogP contribution in [0.1, 0.15) is 56.6 Å². The summed E-state index contributed by atoms with van der Waals surface area (Å²) in [5, 5.41) is 5.71. The molecule has 0 aliphatic heterocycles. The summed E-state index contributed by atoms with van der Waals surface area (Å²) in [6.45, 7) is 11.7. The standard InChI is InChI=1S/C25H35N3O4/c1-7-28(8-2)22(18-11-10-14-21(16-18)31-6)17-26-23(29)19-12-9-13-20(15-19)27-24(30)32-25(3,4)5/h9-16,22H,7-8,17H2,1-6H3,(H,26,29)(H,27,30). The second kappa shape index (κ2) is 11.5. The van der Waals surface area contributed by atoms with Crippen LogP contribution in [0.3, 0.4) is 0 Å². The Morgan fingerprint density at radius 1 is 1.03 bits per heavy atom. The molecule has 0 aliphatic carbocycles. The Morgan fingerprint density at radius 2 is 1.72 bits per heavy atom. The Bertz CT molecular complexity index is 904. The number of carbonyl (C=O) groups is 2. The number of carbonyl (C=O) groups excluding carboxylic acids is 2. The molecular formula is C25H35N3O4. The SMILES string of the molecule is CCN(CC)C(CNC(=O)c1cccc(NC(=O)OC(C)(C)C)c1)c1cccc(OC)c1. The van der Waals surface area contributed by atoms with Crippen LogP contribution in [0.2, 0.25) is 0 Å². The summed E-state index contributed by atoms with van der Waals surface area (Å²) in [5.41, 5.74) is 1.44. The van der Waals surface area contributed by atoms with E-state index in [0.29, 0.717) is 17.8 Å². The zero-order chi connectivity index (χ0) is 23.7. The van der Waals surface area contributed by atoms with E-state index in [9.17, 15) is 9.59 Å². The number of likely N-dealkylation sites (N-methyl/N-ethyl adjacent to an activating group) is 1. The summed E-state index contributed by atoms with van der Waals surface area (Å²) in [4.78, 5) is 27.2. The molecule has 0 fully saturated rings. The summed E-state index contributed by atoms with van der Waals surface area (Å²) in [6, 6.07) is 14.7. The first-order chi connectivity index (χ1) is 15.2. The van der Waals surface area contributed by atoms with Crippen molar-refractivity contribution in [3.05, 3.63) is 59.7 Å². The molecule has 2 rings (SSSR count). The molecule has 0 aliphatic rings. The van der Waals surface area contributed by atoms with Crippen molar-refractivity contribution >= 4 is 17.7 Å². The number of amides is 2. The molecule has 1 atom stereocenters. The molecule has 0 saturated carbocycles. The van der Waals surface area contributed by atoms with Crippen molar-refractivity contribution in [2.45, 2.75) is 46.3 Å². The number of hydrogen-bond acceptors (Lipinski definition) is 5. The van der Waals surface area contributed by atoms with Crippen LogP contribution in [-0.4, -0.2) is 49.2 Å². The largest absolute Gasteiger partial charge is 0.497 e. The number of rotatable bonds is 9. The predicted molar refractivity (Wildman–Crippen MR) is 127 cm³/mol. The summed E-state index contributed by atoms with van der Waals surface area (Å²) in [5.74, 6) is 0.574. The Hall–Kier alpha value is -3.06. The minimum absolute atomic E-state index is 0.00659. The molecule has 1 unspecified atom stereocenters. The van der Waals surface area contributed by atoms with Crippen LogP contribution in [0.4, 0.5) is 10.5 Å². The van der Waals surface area contributed by atoms with Gasteiger partial charge in [-0.15, -0.1) is 0 Å². The second-order valence-corrected chi connectivity index (χ2v) is 8.43. The van der Waals surface area contributed by atoms with Gasteiger partial charge in [0.05, 0.1) is 13.2 Å². The fraction of sp³-hybridized carbons (Fsp3) is 0.440. The van der Waals surface area contributed by atoms with E-state index in [4.69, 9.17) is 9.47 Å². The van der Waals surface area contributed by atoms with E-state index in [1.54, 1.807) is 52.1 Å². The molecule has 0 radical (unpaired) electrons. The number of nitrogens with zero attached hydrogens (tertiary/aromatic N) is 1. The molecule has 2 aromatic carbocycles. The summed E-state index contributed by atoms with van der Waals surface area (Å²) >= 11 is 0. The Kier molecular flexibility index (Phi) is 9.08. The highest BCUT2D eigenvalue weighted by Gasteiger charge is 2.20. The highest BCUT2D eigenvalue weighted by Crippen LogP contribution is 2.24. The third-order valence-electron chi connectivity index (χ3n) is 4.96. The van der Waals surface area contributed by atoms with Gasteiger partial charge in [0, 0.05) is 17.8 Å². The molecule has 0 bridgehead atoms. The molecule has 0 spiro atoms. The van der Waals surface area contributed by atoms with Gasteiger partial charge in [-0.1, -0.05) is 32.0 Å². The van der Waals surface area contributed by atoms with Gasteiger partial charge in [0.15, 0.2) is 0 Å². The van der Waals surface area contributed by atoms with Crippen LogP contribution in [-0.2, 0) is 4.74 Å². The molecule has 2 amide bonds. The number of nitrogens with one attached hydrogen (secondary N) is 2. The number of ether oxygens (including phenoxy) is 2. The number of benzene rings is 2. The van der Waals surface area contributed by atoms with Gasteiger partial charge < -0.3 is 14.8 Å². The van der Waals surface area contributed by atoms with Crippen LogP contribution < -0.4 is 15.4 Å². The molecule has 174 valence electrons. The lowest BCUT2D eigenvalue weighted by Gasteiger charge is -2.30. The zero-order valence-corrected chi connectivity index (χ0v) is 19.9. The average Bonchev–Trinajstić information content (AvgIpc) is 2.75. The highest BCUT2D eigenvalue weighted by atomic mass is 16.6. The van der Waals surface area contributed by atoms with E-state index in [1.807, 2.05) is 24.3 Å². The maximum absolute atomic E-state index is 12.9. The molecule has 7 heteroatoms. The lowest BCUT2D eigenvalue weighted by molar-refractivity contribution is 0.0635. The van der Waals surface area contributed by atoms with Gasteiger partial charge in [-0.05, 0) is 69.8 Å². The molecule has 0 saturated heterocycles. The number of methoxy groups -OCH3 is 1. The van der Waals surface area contributed by atoms with Crippen molar-refractivity contribution in [2.24, 2.45) is 0 Å². The van der Waals surface area contributed by atoms with E-state index in [2.05, 4.69) is 29.4 Å². The first kappa shape index (κ1) is 25.2. The molecule has 2 N–H and O–H groups in total. The molecule has 7 nitrogen and oxygen atoms in total. The van der Waals surface area contributed by atoms with Gasteiger partial charge in [0.2, 0.25) is 0 Å². The molecule has 32 heavy (non-hydrogen) atoms. The molecule has 0 heterocycles. The minimum atomic E-state index is -0.599. The third-order valence-corrected chi connectivity index (χ3v) is 4.96. The average molecular weight is 442 g/mol. The topological polar surface area (TPSA) is 79.9 Å². The van der Waals surface area contributed by atoms with Crippen LogP contribution >= 0.6 is 0 Å². The first-order valence-electron chi connectivity index (χ1n) is 10.9. The van der Waals surface area contributed by atoms with Crippen molar-refractivity contribution in [2.75, 3.05) is 32.1 Å². The molecule has 2 aromatic rings. The Morgan fingerprint density at radius 3 is 2.34 bits per heavy atom. The van der Waals surface area contributed by atoms with Crippen LogP contribution in [0.5, 0.6) is 5.75 Å². The minimum Gasteiger partial charge on any atom is -0.497 e. The molecular weight excluding hydrogens is 406 g/mol. The van der Waals surface area contributed by atoms with Crippen LogP contribution in [0.25, 0.3) is 0 Å². The van der Waals surface area contributed by atoms with E-state index in [-0.39, 0.29) is 11.9 Å². The third kappa shape index (κ3) is 7.57. The highest BCUT2D eigenvalue weighted by molar-refractivity contribution is 5.96. The lowest BCUT2D eigenvalue weighted by atomic mass is 10.0. The number of hydrogen-bond donors (Lipinski definition) is 2. The van der Waals surface area contributed by atoms with E-state index < -0.39 is 11.7 Å². The van der Waals surface area contributed by atoms with Crippen molar-refractivity contribution in [3.8, 4) is 5.75 Å². The van der Waals surface area contributed by atoms with Gasteiger partial charge in [0.1, 0.15) is 11.4 Å². The van der Waals surface area contributed by atoms with Crippen LogP contribution in [0, 0.1) is 0 Å². The van der Waals surface area contributed by atoms with Crippen LogP contribution in [0.15, 0.2) is 48.5 Å². The number of anilines is 1. The smallest absolute Gasteiger partial charge is 0.412 e. The van der Waals surface area contributed by atoms with Gasteiger partial charge in [0.25, 0.3) is 5.91 Å². The van der Waals surface area contributed by atoms with Crippen molar-refractivity contribution < 1.29 is 19.1 Å². The summed E-state index contributed by atoms with van der Waals surface area (Å²) in [7, 11) is 1.64. The predicted octanol–water partition coefficient (Wildman–Crippen LogP) is 4.86. The Balaban J connectivity index is 2.11. The second-order valence-electron chi connectivity index (χ2n) is 8.43. The molecule has 0 aromatic heterocycles.